The van der Waals surface area contributed by atoms with E-state index in [-0.39, 0.29) is 5.91 Å². The van der Waals surface area contributed by atoms with Crippen molar-refractivity contribution in [3.05, 3.63) is 11.8 Å². The highest BCUT2D eigenvalue weighted by molar-refractivity contribution is 5.96. The van der Waals surface area contributed by atoms with Crippen LogP contribution in [0.4, 0.5) is 5.82 Å². The number of nitrogens with zero attached hydrogens (tertiary/aromatic N) is 1. The summed E-state index contributed by atoms with van der Waals surface area (Å²) in [5, 5.41) is 12.8. The summed E-state index contributed by atoms with van der Waals surface area (Å²) < 4.78 is 0. The van der Waals surface area contributed by atoms with Crippen molar-refractivity contribution >= 4 is 11.7 Å². The second-order valence-corrected chi connectivity index (χ2v) is 4.24. The summed E-state index contributed by atoms with van der Waals surface area (Å²) in [7, 11) is 0. The molecule has 0 radical (unpaired) electrons. The van der Waals surface area contributed by atoms with Crippen molar-refractivity contribution in [2.24, 2.45) is 0 Å². The van der Waals surface area contributed by atoms with E-state index in [0.29, 0.717) is 5.82 Å². The van der Waals surface area contributed by atoms with Gasteiger partial charge in [0.2, 0.25) is 5.91 Å². The molecule has 1 heterocycles. The van der Waals surface area contributed by atoms with Crippen LogP contribution >= 0.6 is 0 Å². The number of aromatic nitrogens is 2. The average molecular weight is 224 g/mol. The topological polar surface area (TPSA) is 69.8 Å². The lowest BCUT2D eigenvalue weighted by molar-refractivity contribution is -0.121. The third-order valence-corrected chi connectivity index (χ3v) is 2.44. The highest BCUT2D eigenvalue weighted by Crippen LogP contribution is 2.10. The number of hydrogen-bond donors (Lipinski definition) is 3. The van der Waals surface area contributed by atoms with Crippen LogP contribution in [0.3, 0.4) is 0 Å². The fourth-order valence-corrected chi connectivity index (χ4v) is 1.40. The lowest BCUT2D eigenvalue weighted by Crippen LogP contribution is -2.49. The van der Waals surface area contributed by atoms with E-state index in [1.165, 1.54) is 0 Å². The Balaban J connectivity index is 2.63. The third kappa shape index (κ3) is 3.06. The van der Waals surface area contributed by atoms with Gasteiger partial charge in [-0.3, -0.25) is 9.89 Å². The molecule has 0 fully saturated rings. The smallest absolute Gasteiger partial charge is 0.245 e. The minimum Gasteiger partial charge on any atom is -0.308 e. The molecule has 1 amide bonds. The zero-order valence-electron chi connectivity index (χ0n) is 10.3. The molecule has 0 bridgehead atoms. The van der Waals surface area contributed by atoms with Gasteiger partial charge in [-0.2, -0.15) is 5.10 Å². The van der Waals surface area contributed by atoms with Crippen LogP contribution in [-0.2, 0) is 11.2 Å². The average Bonchev–Trinajstić information content (AvgIpc) is 2.65. The zero-order valence-corrected chi connectivity index (χ0v) is 10.3. The van der Waals surface area contributed by atoms with E-state index in [4.69, 9.17) is 0 Å². The van der Waals surface area contributed by atoms with Crippen molar-refractivity contribution < 1.29 is 4.79 Å². The molecule has 0 saturated heterocycles. The number of H-pyrrole nitrogens is 1. The summed E-state index contributed by atoms with van der Waals surface area (Å²) in [6.45, 7) is 8.44. The normalized spacial score (nSPS) is 11.5. The number of aryl methyl sites for hydroxylation is 1. The van der Waals surface area contributed by atoms with E-state index in [1.54, 1.807) is 0 Å². The van der Waals surface area contributed by atoms with Gasteiger partial charge in [0.25, 0.3) is 0 Å². The van der Waals surface area contributed by atoms with Gasteiger partial charge < -0.3 is 10.6 Å². The first-order valence-electron chi connectivity index (χ1n) is 5.60. The van der Waals surface area contributed by atoms with Crippen LogP contribution in [0.5, 0.6) is 0 Å². The fraction of sp³-hybridized carbons (Fsp3) is 0.636. The summed E-state index contributed by atoms with van der Waals surface area (Å²) >= 11 is 0. The number of likely N-dealkylation sites (N-methyl/N-ethyl adjacent to an activating group) is 1. The van der Waals surface area contributed by atoms with Crippen molar-refractivity contribution in [2.45, 2.75) is 39.7 Å². The van der Waals surface area contributed by atoms with Gasteiger partial charge in [-0.15, -0.1) is 0 Å². The van der Waals surface area contributed by atoms with Crippen molar-refractivity contribution in [3.63, 3.8) is 0 Å². The Hall–Kier alpha value is -1.36. The van der Waals surface area contributed by atoms with Crippen LogP contribution in [-0.4, -0.2) is 28.2 Å². The second kappa shape index (κ2) is 5.12. The van der Waals surface area contributed by atoms with Gasteiger partial charge in [-0.1, -0.05) is 13.8 Å². The number of hydrogen-bond acceptors (Lipinski definition) is 3. The fourth-order valence-electron chi connectivity index (χ4n) is 1.40. The number of rotatable bonds is 5. The van der Waals surface area contributed by atoms with E-state index >= 15 is 0 Å². The number of carbonyl (C=O) groups excluding carboxylic acids is 1. The third-order valence-electron chi connectivity index (χ3n) is 2.44. The maximum Gasteiger partial charge on any atom is 0.245 e. The maximum atomic E-state index is 11.9. The maximum absolute atomic E-state index is 11.9. The molecule has 0 atom stereocenters. The highest BCUT2D eigenvalue weighted by atomic mass is 16.2. The number of aromatic amines is 1. The molecule has 5 heteroatoms. The second-order valence-electron chi connectivity index (χ2n) is 4.24. The largest absolute Gasteiger partial charge is 0.308 e. The Morgan fingerprint density at radius 1 is 1.50 bits per heavy atom. The van der Waals surface area contributed by atoms with Crippen molar-refractivity contribution in [1.29, 1.82) is 0 Å². The molecule has 1 aromatic rings. The molecule has 3 N–H and O–H groups in total. The Kier molecular flexibility index (Phi) is 4.06. The Labute approximate surface area is 96.0 Å². The number of anilines is 1. The molecule has 0 aromatic carbocycles. The first kappa shape index (κ1) is 12.7. The predicted octanol–water partition coefficient (Wildman–Crippen LogP) is 1.30. The van der Waals surface area contributed by atoms with E-state index < -0.39 is 5.54 Å². The molecule has 16 heavy (non-hydrogen) atoms. The predicted molar refractivity (Wildman–Crippen MR) is 64.4 cm³/mol. The van der Waals surface area contributed by atoms with Crippen LogP contribution in [0.15, 0.2) is 6.07 Å². The summed E-state index contributed by atoms with van der Waals surface area (Å²) in [4.78, 5) is 11.9. The highest BCUT2D eigenvalue weighted by Gasteiger charge is 2.26. The van der Waals surface area contributed by atoms with Gasteiger partial charge >= 0.3 is 0 Å². The first-order valence-corrected chi connectivity index (χ1v) is 5.60. The van der Waals surface area contributed by atoms with Crippen molar-refractivity contribution in [1.82, 2.24) is 15.5 Å². The molecule has 1 rings (SSSR count). The van der Waals surface area contributed by atoms with Gasteiger partial charge in [0.05, 0.1) is 5.54 Å². The summed E-state index contributed by atoms with van der Waals surface area (Å²) in [5.74, 6) is 0.497. The van der Waals surface area contributed by atoms with E-state index in [1.807, 2.05) is 33.8 Å². The minimum atomic E-state index is -0.583. The summed E-state index contributed by atoms with van der Waals surface area (Å²) in [6, 6.07) is 1.85. The SMILES string of the molecule is CCNC(C)(C)C(=O)Nc1cc(CC)[nH]n1. The van der Waals surface area contributed by atoms with E-state index in [2.05, 4.69) is 20.8 Å². The molecule has 90 valence electrons. The molecule has 0 unspecified atom stereocenters. The van der Waals surface area contributed by atoms with Crippen molar-refractivity contribution in [3.8, 4) is 0 Å². The summed E-state index contributed by atoms with van der Waals surface area (Å²) in [5.41, 5.74) is 0.427. The van der Waals surface area contributed by atoms with Gasteiger partial charge in [0.1, 0.15) is 0 Å². The number of amides is 1. The molecular formula is C11H20N4O. The lowest BCUT2D eigenvalue weighted by Gasteiger charge is -2.23. The Morgan fingerprint density at radius 3 is 2.69 bits per heavy atom. The quantitative estimate of drug-likeness (QED) is 0.706. The molecule has 0 aliphatic rings. The summed E-state index contributed by atoms with van der Waals surface area (Å²) in [6.07, 6.45) is 0.874. The minimum absolute atomic E-state index is 0.0801. The number of nitrogens with one attached hydrogen (secondary N) is 3. The van der Waals surface area contributed by atoms with Gasteiger partial charge in [-0.25, -0.2) is 0 Å². The molecule has 0 spiro atoms. The van der Waals surface area contributed by atoms with E-state index in [0.717, 1.165) is 18.7 Å². The van der Waals surface area contributed by atoms with Crippen LogP contribution in [0.1, 0.15) is 33.4 Å². The molecular weight excluding hydrogens is 204 g/mol. The van der Waals surface area contributed by atoms with E-state index in [9.17, 15) is 4.79 Å². The standard InChI is InChI=1S/C11H20N4O/c1-5-8-7-9(15-14-8)13-10(16)11(3,4)12-6-2/h7,12H,5-6H2,1-4H3,(H2,13,14,15,16). The molecule has 0 aliphatic heterocycles. The molecule has 1 aromatic heterocycles. The zero-order chi connectivity index (χ0) is 12.2. The Morgan fingerprint density at radius 2 is 2.19 bits per heavy atom. The molecule has 0 aliphatic carbocycles. The van der Waals surface area contributed by atoms with Crippen LogP contribution < -0.4 is 10.6 Å². The molecule has 5 nitrogen and oxygen atoms in total. The number of carbonyl (C=O) groups is 1. The Bertz CT molecular complexity index is 357. The van der Waals surface area contributed by atoms with Gasteiger partial charge in [-0.05, 0) is 26.8 Å². The van der Waals surface area contributed by atoms with Crippen LogP contribution in [0.2, 0.25) is 0 Å². The van der Waals surface area contributed by atoms with Crippen molar-refractivity contribution in [2.75, 3.05) is 11.9 Å². The van der Waals surface area contributed by atoms with Gasteiger partial charge in [0, 0.05) is 11.8 Å². The van der Waals surface area contributed by atoms with Gasteiger partial charge in [0.15, 0.2) is 5.82 Å². The monoisotopic (exact) mass is 224 g/mol. The first-order chi connectivity index (χ1) is 7.49. The lowest BCUT2D eigenvalue weighted by atomic mass is 10.0. The molecule has 0 saturated carbocycles. The van der Waals surface area contributed by atoms with Crippen LogP contribution in [0, 0.1) is 0 Å². The van der Waals surface area contributed by atoms with Crippen LogP contribution in [0.25, 0.3) is 0 Å².